The molecule has 0 aromatic carbocycles. The Labute approximate surface area is 244 Å². The summed E-state index contributed by atoms with van der Waals surface area (Å²) in [5.41, 5.74) is 9.35. The number of carbonyl (C=O) groups is 2. The number of hydrogen-bond donors (Lipinski definition) is 4. The molecule has 1 aliphatic carbocycles. The molecule has 9 heteroatoms. The summed E-state index contributed by atoms with van der Waals surface area (Å²) in [5.74, 6) is -0.340. The summed E-state index contributed by atoms with van der Waals surface area (Å²) in [4.78, 5) is 42.6. The third-order valence-electron chi connectivity index (χ3n) is 10.0. The lowest BCUT2D eigenvalue weighted by atomic mass is 9.79. The lowest BCUT2D eigenvalue weighted by molar-refractivity contribution is -0.140. The molecule has 5 heterocycles. The fourth-order valence-electron chi connectivity index (χ4n) is 6.93. The minimum atomic E-state index is -0.843. The molecule has 0 spiro atoms. The number of ether oxygens (including phenoxy) is 1. The van der Waals surface area contributed by atoms with Crippen LogP contribution < -0.4 is 0 Å². The molecule has 42 heavy (non-hydrogen) atoms. The monoisotopic (exact) mass is 570 g/mol. The van der Waals surface area contributed by atoms with E-state index in [1.165, 1.54) is 7.11 Å². The molecule has 0 saturated heterocycles. The van der Waals surface area contributed by atoms with Crippen molar-refractivity contribution in [3.63, 3.8) is 0 Å². The Morgan fingerprint density at radius 2 is 1.81 bits per heavy atom. The van der Waals surface area contributed by atoms with Crippen LogP contribution >= 0.6 is 0 Å². The van der Waals surface area contributed by atoms with Gasteiger partial charge < -0.3 is 24.9 Å². The highest BCUT2D eigenvalue weighted by Crippen LogP contribution is 2.46. The van der Waals surface area contributed by atoms with Crippen LogP contribution in [-0.4, -0.2) is 49.0 Å². The normalized spacial score (nSPS) is 23.0. The molecule has 4 N–H and O–H groups in total. The number of rotatable bonds is 5. The van der Waals surface area contributed by atoms with E-state index in [1.54, 1.807) is 0 Å². The third-order valence-corrected chi connectivity index (χ3v) is 10.0. The maximum Gasteiger partial charge on any atom is 0.305 e. The number of esters is 1. The van der Waals surface area contributed by atoms with Gasteiger partial charge in [0.2, 0.25) is 0 Å². The number of nitrogens with one attached hydrogen (secondary N) is 2. The number of aliphatic hydroxyl groups is 2. The number of methoxy groups -OCH3 is 1. The van der Waals surface area contributed by atoms with E-state index in [4.69, 9.17) is 14.7 Å². The van der Waals surface area contributed by atoms with Crippen molar-refractivity contribution in [1.82, 2.24) is 19.9 Å². The molecule has 8 bridgehead atoms. The maximum absolute atomic E-state index is 13.4. The molecule has 3 aromatic heterocycles. The molecule has 0 fully saturated rings. The lowest BCUT2D eigenvalue weighted by Crippen LogP contribution is -2.25. The topological polar surface area (TPSA) is 141 Å². The van der Waals surface area contributed by atoms with Gasteiger partial charge in [-0.3, -0.25) is 19.6 Å². The predicted octanol–water partition coefficient (Wildman–Crippen LogP) is 5.40. The number of H-pyrrole nitrogens is 2. The molecule has 220 valence electrons. The molecule has 4 atom stereocenters. The fraction of sp³-hybridized carbons (Fsp3) is 0.455. The van der Waals surface area contributed by atoms with Crippen LogP contribution in [0.5, 0.6) is 0 Å². The van der Waals surface area contributed by atoms with Gasteiger partial charge in [-0.25, -0.2) is 0 Å². The van der Waals surface area contributed by atoms with Crippen molar-refractivity contribution in [1.29, 1.82) is 0 Å². The van der Waals surface area contributed by atoms with Crippen molar-refractivity contribution in [3.05, 3.63) is 68.8 Å². The fourth-order valence-corrected chi connectivity index (χ4v) is 6.93. The first kappa shape index (κ1) is 28.3. The van der Waals surface area contributed by atoms with Crippen molar-refractivity contribution >= 4 is 33.8 Å². The molecule has 3 aliphatic rings. The number of carbonyl (C=O) groups excluding carboxylic acids is 2. The van der Waals surface area contributed by atoms with Crippen molar-refractivity contribution < 1.29 is 24.5 Å². The molecule has 0 saturated carbocycles. The zero-order valence-electron chi connectivity index (χ0n) is 25.0. The first-order chi connectivity index (χ1) is 20.0. The van der Waals surface area contributed by atoms with Crippen molar-refractivity contribution in [2.24, 2.45) is 0 Å². The van der Waals surface area contributed by atoms with Gasteiger partial charge in [-0.15, -0.1) is 0 Å². The Morgan fingerprint density at radius 1 is 1.10 bits per heavy atom. The van der Waals surface area contributed by atoms with Crippen molar-refractivity contribution in [2.75, 3.05) is 7.11 Å². The molecule has 9 nitrogen and oxygen atoms in total. The van der Waals surface area contributed by atoms with Gasteiger partial charge in [-0.1, -0.05) is 20.8 Å². The van der Waals surface area contributed by atoms with Gasteiger partial charge in [-0.2, -0.15) is 0 Å². The predicted molar refractivity (Wildman–Crippen MR) is 159 cm³/mol. The van der Waals surface area contributed by atoms with Crippen molar-refractivity contribution in [2.45, 2.75) is 90.3 Å². The zero-order chi connectivity index (χ0) is 30.1. The molecular weight excluding hydrogens is 532 g/mol. The number of aromatic amines is 2. The lowest BCUT2D eigenvalue weighted by Gasteiger charge is -2.26. The Balaban J connectivity index is 1.74. The summed E-state index contributed by atoms with van der Waals surface area (Å²) < 4.78 is 4.94. The second-order valence-electron chi connectivity index (χ2n) is 12.2. The van der Waals surface area contributed by atoms with Crippen LogP contribution in [0.1, 0.15) is 113 Å². The van der Waals surface area contributed by atoms with Gasteiger partial charge in [0.05, 0.1) is 36.3 Å². The van der Waals surface area contributed by atoms with Crippen LogP contribution in [0, 0.1) is 13.8 Å². The van der Waals surface area contributed by atoms with E-state index in [-0.39, 0.29) is 43.0 Å². The molecule has 6 rings (SSSR count). The molecule has 0 amide bonds. The van der Waals surface area contributed by atoms with Gasteiger partial charge in [0.25, 0.3) is 0 Å². The molecule has 0 radical (unpaired) electrons. The maximum atomic E-state index is 13.4. The number of fused-ring (bicyclic) bond motifs is 8. The van der Waals surface area contributed by atoms with E-state index in [9.17, 15) is 19.8 Å². The highest BCUT2D eigenvalue weighted by Gasteiger charge is 2.41. The van der Waals surface area contributed by atoms with Crippen LogP contribution in [0.15, 0.2) is 18.2 Å². The van der Waals surface area contributed by atoms with E-state index >= 15 is 0 Å². The second kappa shape index (κ2) is 10.2. The number of aromatic nitrogens is 4. The van der Waals surface area contributed by atoms with E-state index in [0.29, 0.717) is 29.6 Å². The Morgan fingerprint density at radius 3 is 2.50 bits per heavy atom. The van der Waals surface area contributed by atoms with E-state index in [1.807, 2.05) is 45.9 Å². The minimum absolute atomic E-state index is 0.0233. The van der Waals surface area contributed by atoms with Gasteiger partial charge in [0.1, 0.15) is 6.10 Å². The van der Waals surface area contributed by atoms with Crippen LogP contribution in [0.4, 0.5) is 0 Å². The summed E-state index contributed by atoms with van der Waals surface area (Å²) in [6, 6.07) is 5.78. The first-order valence-electron chi connectivity index (χ1n) is 14.7. The summed E-state index contributed by atoms with van der Waals surface area (Å²) in [6.07, 6.45) is 0.850. The number of nitrogens with zero attached hydrogens (tertiary/aromatic N) is 2. The molecule has 2 unspecified atom stereocenters. The van der Waals surface area contributed by atoms with Crippen molar-refractivity contribution in [3.8, 4) is 0 Å². The SMILES string of the molecule is CCC1(C)c2cc3[nH]c4c(c5nc(cc6[nH]c(cc(n2)C1O)c(CO)c6C)[C@@H](C)[C@@H]5CCC(=O)OC)CC(=O)c4c3C. The molecule has 2 aliphatic heterocycles. The Kier molecular flexibility index (Phi) is 6.85. The number of hydrogen-bond acceptors (Lipinski definition) is 7. The second-order valence-corrected chi connectivity index (χ2v) is 12.2. The zero-order valence-corrected chi connectivity index (χ0v) is 25.0. The van der Waals surface area contributed by atoms with Crippen LogP contribution in [0.2, 0.25) is 0 Å². The Hall–Kier alpha value is -3.82. The average Bonchev–Trinajstić information content (AvgIpc) is 3.71. The standard InChI is InChI=1S/C33H38N4O5/c1-7-33(5)27-13-23-17(4)29-26(39)10-19(31(29)37-23)30-18(8-9-28(40)42-6)15(2)22(36-30)11-21-16(3)20(14-38)24(34-21)12-25(35-27)32(33)41/h11-13,15,18,32,34,37-38,41H,7-10,14H2,1-6H3/t15-,18-,32?,33?/m0/s1. The summed E-state index contributed by atoms with van der Waals surface area (Å²) in [5, 5.41) is 21.8. The first-order valence-corrected chi connectivity index (χ1v) is 14.7. The quantitative estimate of drug-likeness (QED) is 0.301. The van der Waals surface area contributed by atoms with Gasteiger partial charge in [-0.05, 0) is 56.0 Å². The third kappa shape index (κ3) is 4.13. The highest BCUT2D eigenvalue weighted by molar-refractivity contribution is 6.13. The number of aliphatic hydroxyl groups excluding tert-OH is 2. The highest BCUT2D eigenvalue weighted by atomic mass is 16.5. The van der Waals surface area contributed by atoms with Crippen LogP contribution in [-0.2, 0) is 28.0 Å². The summed E-state index contributed by atoms with van der Waals surface area (Å²) >= 11 is 0. The van der Waals surface area contributed by atoms with E-state index in [2.05, 4.69) is 16.9 Å². The molecular formula is C33H38N4O5. The largest absolute Gasteiger partial charge is 0.469 e. The smallest absolute Gasteiger partial charge is 0.305 e. The number of ketones is 1. The molecule has 3 aromatic rings. The minimum Gasteiger partial charge on any atom is -0.469 e. The summed E-state index contributed by atoms with van der Waals surface area (Å²) in [6.45, 7) is 9.85. The van der Waals surface area contributed by atoms with Gasteiger partial charge in [0, 0.05) is 69.0 Å². The van der Waals surface area contributed by atoms with Gasteiger partial charge >= 0.3 is 5.97 Å². The van der Waals surface area contributed by atoms with E-state index < -0.39 is 11.5 Å². The van der Waals surface area contributed by atoms with Crippen LogP contribution in [0.3, 0.4) is 0 Å². The van der Waals surface area contributed by atoms with E-state index in [0.717, 1.165) is 55.9 Å². The van der Waals surface area contributed by atoms with Crippen LogP contribution in [0.25, 0.3) is 22.1 Å². The van der Waals surface area contributed by atoms with Gasteiger partial charge in [0.15, 0.2) is 5.78 Å². The number of aryl methyl sites for hydroxylation is 2. The number of Topliss-reactive ketones (excluding diaryl/α,β-unsaturated/α-hetero) is 1. The average molecular weight is 571 g/mol. The summed E-state index contributed by atoms with van der Waals surface area (Å²) in [7, 11) is 1.39. The Bertz CT molecular complexity index is 1800.